The molecule has 0 radical (unpaired) electrons. The van der Waals surface area contributed by atoms with Crippen LogP contribution >= 0.6 is 0 Å². The minimum absolute atomic E-state index is 0.126. The molecule has 2 amide bonds. The number of nitrogens with one attached hydrogen (secondary N) is 2. The summed E-state index contributed by atoms with van der Waals surface area (Å²) in [5.41, 5.74) is 1.33. The van der Waals surface area contributed by atoms with Gasteiger partial charge in [-0.3, -0.25) is 9.59 Å². The Balaban J connectivity index is 1.73. The Bertz CT molecular complexity index is 790. The number of methoxy groups -OCH3 is 1. The number of carboxylic acids is 1. The van der Waals surface area contributed by atoms with Crippen molar-refractivity contribution in [3.05, 3.63) is 65.7 Å². The van der Waals surface area contributed by atoms with Gasteiger partial charge in [0.15, 0.2) is 0 Å². The van der Waals surface area contributed by atoms with Gasteiger partial charge in [0, 0.05) is 24.9 Å². The van der Waals surface area contributed by atoms with Crippen LogP contribution in [0.25, 0.3) is 0 Å². The highest BCUT2D eigenvalue weighted by molar-refractivity contribution is 5.94. The van der Waals surface area contributed by atoms with E-state index in [0.717, 1.165) is 5.56 Å². The quantitative estimate of drug-likeness (QED) is 0.544. The highest BCUT2D eigenvalue weighted by atomic mass is 16.5. The minimum Gasteiger partial charge on any atom is -0.497 e. The number of ether oxygens (including phenoxy) is 1. The number of aliphatic carboxylic acids is 1. The van der Waals surface area contributed by atoms with Crippen LogP contribution in [0.15, 0.2) is 54.6 Å². The monoisotopic (exact) mass is 384 g/mol. The van der Waals surface area contributed by atoms with Gasteiger partial charge in [-0.05, 0) is 36.2 Å². The van der Waals surface area contributed by atoms with Gasteiger partial charge in [0.1, 0.15) is 11.8 Å². The first kappa shape index (κ1) is 21.0. The molecule has 148 valence electrons. The lowest BCUT2D eigenvalue weighted by Gasteiger charge is -2.14. The van der Waals surface area contributed by atoms with E-state index in [2.05, 4.69) is 10.6 Å². The van der Waals surface area contributed by atoms with Crippen molar-refractivity contribution < 1.29 is 24.2 Å². The van der Waals surface area contributed by atoms with Crippen molar-refractivity contribution in [2.45, 2.75) is 25.3 Å². The van der Waals surface area contributed by atoms with Gasteiger partial charge in [0.05, 0.1) is 7.11 Å². The fraction of sp³-hybridized carbons (Fsp3) is 0.286. The first-order chi connectivity index (χ1) is 13.5. The van der Waals surface area contributed by atoms with Crippen molar-refractivity contribution >= 4 is 17.8 Å². The van der Waals surface area contributed by atoms with Crippen LogP contribution in [-0.4, -0.2) is 42.6 Å². The second-order valence-corrected chi connectivity index (χ2v) is 6.24. The largest absolute Gasteiger partial charge is 0.497 e. The SMILES string of the molecule is COc1ccc(C(=O)NCCCC(=O)N[C@H](Cc2ccccc2)C(=O)O)cc1. The Hall–Kier alpha value is -3.35. The predicted octanol–water partition coefficient (Wildman–Crippen LogP) is 2.02. The standard InChI is InChI=1S/C21H24N2O5/c1-28-17-11-9-16(10-12-17)20(25)22-13-5-8-19(24)23-18(21(26)27)14-15-6-3-2-4-7-15/h2-4,6-7,9-12,18H,5,8,13-14H2,1H3,(H,22,25)(H,23,24)(H,26,27)/t18-/m1/s1. The Morgan fingerprint density at radius 1 is 1.04 bits per heavy atom. The number of amides is 2. The number of hydrogen-bond donors (Lipinski definition) is 3. The van der Waals surface area contributed by atoms with Gasteiger partial charge in [-0.25, -0.2) is 4.79 Å². The molecule has 1 atom stereocenters. The van der Waals surface area contributed by atoms with Gasteiger partial charge < -0.3 is 20.5 Å². The Morgan fingerprint density at radius 3 is 2.32 bits per heavy atom. The molecule has 2 aromatic rings. The van der Waals surface area contributed by atoms with E-state index in [9.17, 15) is 19.5 Å². The van der Waals surface area contributed by atoms with E-state index in [-0.39, 0.29) is 24.7 Å². The van der Waals surface area contributed by atoms with Gasteiger partial charge >= 0.3 is 5.97 Å². The molecule has 0 saturated carbocycles. The van der Waals surface area contributed by atoms with Crippen molar-refractivity contribution in [2.24, 2.45) is 0 Å². The zero-order valence-corrected chi connectivity index (χ0v) is 15.7. The zero-order chi connectivity index (χ0) is 20.4. The van der Waals surface area contributed by atoms with Crippen LogP contribution in [-0.2, 0) is 16.0 Å². The maximum atomic E-state index is 12.0. The Labute approximate surface area is 163 Å². The van der Waals surface area contributed by atoms with Gasteiger partial charge in [-0.2, -0.15) is 0 Å². The average Bonchev–Trinajstić information content (AvgIpc) is 2.71. The average molecular weight is 384 g/mol. The fourth-order valence-electron chi connectivity index (χ4n) is 2.61. The summed E-state index contributed by atoms with van der Waals surface area (Å²) in [5.74, 6) is -1.01. The number of carboxylic acid groups (broad SMARTS) is 1. The van der Waals surface area contributed by atoms with Crippen molar-refractivity contribution in [1.82, 2.24) is 10.6 Å². The van der Waals surface area contributed by atoms with E-state index >= 15 is 0 Å². The summed E-state index contributed by atoms with van der Waals surface area (Å²) in [4.78, 5) is 35.4. The first-order valence-electron chi connectivity index (χ1n) is 8.98. The van der Waals surface area contributed by atoms with Gasteiger partial charge in [-0.15, -0.1) is 0 Å². The Kier molecular flexibility index (Phi) is 8.02. The molecule has 0 aliphatic rings. The number of carbonyl (C=O) groups excluding carboxylic acids is 2. The van der Waals surface area contributed by atoms with Crippen LogP contribution in [0.1, 0.15) is 28.8 Å². The lowest BCUT2D eigenvalue weighted by atomic mass is 10.1. The molecule has 0 aliphatic heterocycles. The van der Waals surface area contributed by atoms with Crippen molar-refractivity contribution in [2.75, 3.05) is 13.7 Å². The van der Waals surface area contributed by atoms with Crippen molar-refractivity contribution in [3.63, 3.8) is 0 Å². The molecule has 0 unspecified atom stereocenters. The molecule has 2 rings (SSSR count). The molecule has 7 nitrogen and oxygen atoms in total. The van der Waals surface area contributed by atoms with Crippen LogP contribution in [0.4, 0.5) is 0 Å². The van der Waals surface area contributed by atoms with Gasteiger partial charge in [0.25, 0.3) is 5.91 Å². The van der Waals surface area contributed by atoms with E-state index in [1.54, 1.807) is 31.4 Å². The topological polar surface area (TPSA) is 105 Å². The van der Waals surface area contributed by atoms with E-state index in [1.165, 1.54) is 0 Å². The summed E-state index contributed by atoms with van der Waals surface area (Å²) >= 11 is 0. The summed E-state index contributed by atoms with van der Waals surface area (Å²) in [5, 5.41) is 14.6. The second-order valence-electron chi connectivity index (χ2n) is 6.24. The van der Waals surface area contributed by atoms with Crippen molar-refractivity contribution in [3.8, 4) is 5.75 Å². The third-order valence-electron chi connectivity index (χ3n) is 4.13. The van der Waals surface area contributed by atoms with E-state index in [0.29, 0.717) is 24.3 Å². The molecule has 0 saturated heterocycles. The molecule has 7 heteroatoms. The molecular weight excluding hydrogens is 360 g/mol. The molecule has 28 heavy (non-hydrogen) atoms. The number of carbonyl (C=O) groups is 3. The summed E-state index contributed by atoms with van der Waals surface area (Å²) in [7, 11) is 1.55. The Morgan fingerprint density at radius 2 is 1.71 bits per heavy atom. The van der Waals surface area contributed by atoms with Crippen LogP contribution in [0.5, 0.6) is 5.75 Å². The first-order valence-corrected chi connectivity index (χ1v) is 8.98. The molecule has 0 spiro atoms. The number of rotatable bonds is 10. The highest BCUT2D eigenvalue weighted by Crippen LogP contribution is 2.11. The summed E-state index contributed by atoms with van der Waals surface area (Å²) < 4.78 is 5.04. The van der Waals surface area contributed by atoms with Crippen LogP contribution in [0.3, 0.4) is 0 Å². The lowest BCUT2D eigenvalue weighted by molar-refractivity contribution is -0.141. The van der Waals surface area contributed by atoms with E-state index < -0.39 is 12.0 Å². The second kappa shape index (κ2) is 10.7. The van der Waals surface area contributed by atoms with Crippen LogP contribution in [0, 0.1) is 0 Å². The van der Waals surface area contributed by atoms with E-state index in [1.807, 2.05) is 30.3 Å². The molecule has 0 bridgehead atoms. The van der Waals surface area contributed by atoms with Gasteiger partial charge in [-0.1, -0.05) is 30.3 Å². The maximum absolute atomic E-state index is 12.0. The number of hydrogen-bond acceptors (Lipinski definition) is 4. The van der Waals surface area contributed by atoms with Gasteiger partial charge in [0.2, 0.25) is 5.91 Å². The lowest BCUT2D eigenvalue weighted by Crippen LogP contribution is -2.42. The van der Waals surface area contributed by atoms with Crippen LogP contribution < -0.4 is 15.4 Å². The van der Waals surface area contributed by atoms with Crippen LogP contribution in [0.2, 0.25) is 0 Å². The van der Waals surface area contributed by atoms with E-state index in [4.69, 9.17) is 4.74 Å². The maximum Gasteiger partial charge on any atom is 0.326 e. The minimum atomic E-state index is -1.08. The predicted molar refractivity (Wildman–Crippen MR) is 104 cm³/mol. The molecule has 3 N–H and O–H groups in total. The highest BCUT2D eigenvalue weighted by Gasteiger charge is 2.20. The summed E-state index contributed by atoms with van der Waals surface area (Å²) in [6.45, 7) is 0.314. The molecule has 0 aromatic heterocycles. The molecule has 0 heterocycles. The summed E-state index contributed by atoms with van der Waals surface area (Å²) in [6.07, 6.45) is 0.753. The third-order valence-corrected chi connectivity index (χ3v) is 4.13. The molecule has 0 fully saturated rings. The smallest absolute Gasteiger partial charge is 0.326 e. The molecular formula is C21H24N2O5. The summed E-state index contributed by atoms with van der Waals surface area (Å²) in [6, 6.07) is 14.8. The molecule has 0 aliphatic carbocycles. The zero-order valence-electron chi connectivity index (χ0n) is 15.7. The third kappa shape index (κ3) is 6.75. The number of benzene rings is 2. The normalized spacial score (nSPS) is 11.3. The fourth-order valence-corrected chi connectivity index (χ4v) is 2.61. The molecule has 2 aromatic carbocycles. The van der Waals surface area contributed by atoms with Crippen molar-refractivity contribution in [1.29, 1.82) is 0 Å².